The van der Waals surface area contributed by atoms with E-state index in [2.05, 4.69) is 40.9 Å². The van der Waals surface area contributed by atoms with Crippen LogP contribution in [0.15, 0.2) is 69.0 Å². The number of anilines is 1. The molecule has 35 heavy (non-hydrogen) atoms. The molecule has 7 heteroatoms. The van der Waals surface area contributed by atoms with E-state index in [0.29, 0.717) is 16.7 Å². The zero-order chi connectivity index (χ0) is 25.3. The SMILES string of the molecule is COc1cc(C)c(-c2nc3ccccc3c(=O)n2N=Cc2ccc(N(C)C)c(Br)c2)cc1C(C)C. The van der Waals surface area contributed by atoms with Gasteiger partial charge in [-0.3, -0.25) is 4.79 Å². The molecule has 0 radical (unpaired) electrons. The van der Waals surface area contributed by atoms with Crippen LogP contribution >= 0.6 is 15.9 Å². The average molecular weight is 533 g/mol. The van der Waals surface area contributed by atoms with E-state index in [1.165, 1.54) is 4.68 Å². The van der Waals surface area contributed by atoms with Crippen LogP contribution in [0.25, 0.3) is 22.3 Å². The van der Waals surface area contributed by atoms with Gasteiger partial charge in [-0.15, -0.1) is 0 Å². The topological polar surface area (TPSA) is 59.7 Å². The van der Waals surface area contributed by atoms with Gasteiger partial charge in [-0.1, -0.05) is 32.0 Å². The van der Waals surface area contributed by atoms with Crippen molar-refractivity contribution in [1.82, 2.24) is 9.66 Å². The van der Waals surface area contributed by atoms with Crippen molar-refractivity contribution in [3.8, 4) is 17.1 Å². The second kappa shape index (κ2) is 10.0. The minimum absolute atomic E-state index is 0.216. The Hall–Kier alpha value is -3.45. The summed E-state index contributed by atoms with van der Waals surface area (Å²) in [5, 5.41) is 5.15. The Balaban J connectivity index is 1.94. The number of rotatable bonds is 6. The van der Waals surface area contributed by atoms with Gasteiger partial charge in [-0.2, -0.15) is 9.78 Å². The van der Waals surface area contributed by atoms with Crippen molar-refractivity contribution in [2.45, 2.75) is 26.7 Å². The van der Waals surface area contributed by atoms with Crippen LogP contribution < -0.4 is 15.2 Å². The molecule has 6 nitrogen and oxygen atoms in total. The Morgan fingerprint density at radius 3 is 2.51 bits per heavy atom. The first-order chi connectivity index (χ1) is 16.7. The number of halogens is 1. The van der Waals surface area contributed by atoms with Crippen molar-refractivity contribution >= 4 is 38.7 Å². The van der Waals surface area contributed by atoms with E-state index in [9.17, 15) is 4.79 Å². The first-order valence-corrected chi connectivity index (χ1v) is 12.2. The summed E-state index contributed by atoms with van der Waals surface area (Å²) in [5.41, 5.74) is 5.19. The summed E-state index contributed by atoms with van der Waals surface area (Å²) in [4.78, 5) is 20.5. The number of hydrogen-bond donors (Lipinski definition) is 0. The lowest BCUT2D eigenvalue weighted by Crippen LogP contribution is -2.20. The van der Waals surface area contributed by atoms with Crippen molar-refractivity contribution in [1.29, 1.82) is 0 Å². The molecule has 1 aromatic heterocycles. The van der Waals surface area contributed by atoms with Crippen LogP contribution in [0.4, 0.5) is 5.69 Å². The second-order valence-corrected chi connectivity index (χ2v) is 9.84. The van der Waals surface area contributed by atoms with Gasteiger partial charge in [0.1, 0.15) is 5.75 Å². The lowest BCUT2D eigenvalue weighted by Gasteiger charge is -2.17. The molecule has 1 heterocycles. The lowest BCUT2D eigenvalue weighted by atomic mass is 9.96. The predicted octanol–water partition coefficient (Wildman–Crippen LogP) is 6.21. The number of aryl methyl sites for hydroxylation is 1. The van der Waals surface area contributed by atoms with E-state index >= 15 is 0 Å². The molecule has 0 atom stereocenters. The number of para-hydroxylation sites is 1. The Labute approximate surface area is 214 Å². The van der Waals surface area contributed by atoms with E-state index in [1.54, 1.807) is 19.4 Å². The summed E-state index contributed by atoms with van der Waals surface area (Å²) >= 11 is 3.62. The molecule has 0 saturated heterocycles. The summed E-state index contributed by atoms with van der Waals surface area (Å²) in [5.74, 6) is 1.56. The third-order valence-electron chi connectivity index (χ3n) is 5.97. The van der Waals surface area contributed by atoms with Crippen molar-refractivity contribution < 1.29 is 4.74 Å². The monoisotopic (exact) mass is 532 g/mol. The fourth-order valence-corrected chi connectivity index (χ4v) is 4.81. The van der Waals surface area contributed by atoms with Crippen LogP contribution in [0, 0.1) is 6.92 Å². The molecule has 0 aliphatic carbocycles. The van der Waals surface area contributed by atoms with Crippen molar-refractivity contribution in [2.75, 3.05) is 26.1 Å². The van der Waals surface area contributed by atoms with Gasteiger partial charge in [0, 0.05) is 24.1 Å². The Morgan fingerprint density at radius 1 is 1.11 bits per heavy atom. The number of nitrogens with zero attached hydrogens (tertiary/aromatic N) is 4. The number of ether oxygens (including phenoxy) is 1. The third-order valence-corrected chi connectivity index (χ3v) is 6.60. The minimum Gasteiger partial charge on any atom is -0.496 e. The highest BCUT2D eigenvalue weighted by molar-refractivity contribution is 9.10. The summed E-state index contributed by atoms with van der Waals surface area (Å²) in [6.45, 7) is 6.23. The summed E-state index contributed by atoms with van der Waals surface area (Å²) in [6, 6.07) is 17.4. The molecular weight excluding hydrogens is 504 g/mol. The summed E-state index contributed by atoms with van der Waals surface area (Å²) in [6.07, 6.45) is 1.69. The zero-order valence-electron chi connectivity index (χ0n) is 20.8. The zero-order valence-corrected chi connectivity index (χ0v) is 22.4. The van der Waals surface area contributed by atoms with E-state index in [-0.39, 0.29) is 11.5 Å². The second-order valence-electron chi connectivity index (χ2n) is 8.98. The van der Waals surface area contributed by atoms with Gasteiger partial charge in [0.25, 0.3) is 5.56 Å². The van der Waals surface area contributed by atoms with Gasteiger partial charge in [-0.25, -0.2) is 4.98 Å². The highest BCUT2D eigenvalue weighted by atomic mass is 79.9. The smallest absolute Gasteiger partial charge is 0.282 e. The van der Waals surface area contributed by atoms with Gasteiger partial charge in [0.2, 0.25) is 0 Å². The van der Waals surface area contributed by atoms with Crippen LogP contribution in [0.3, 0.4) is 0 Å². The number of methoxy groups -OCH3 is 1. The molecule has 0 amide bonds. The summed E-state index contributed by atoms with van der Waals surface area (Å²) < 4.78 is 7.96. The first-order valence-electron chi connectivity index (χ1n) is 11.4. The van der Waals surface area contributed by atoms with Crippen molar-refractivity contribution in [3.63, 3.8) is 0 Å². The van der Waals surface area contributed by atoms with Gasteiger partial charge >= 0.3 is 0 Å². The molecule has 3 aromatic carbocycles. The van der Waals surface area contributed by atoms with Crippen LogP contribution in [-0.2, 0) is 0 Å². The molecule has 180 valence electrons. The summed E-state index contributed by atoms with van der Waals surface area (Å²) in [7, 11) is 5.65. The van der Waals surface area contributed by atoms with Crippen molar-refractivity contribution in [2.24, 2.45) is 5.10 Å². The molecule has 0 aliphatic rings. The van der Waals surface area contributed by atoms with Gasteiger partial charge < -0.3 is 9.64 Å². The molecule has 4 rings (SSSR count). The molecule has 4 aromatic rings. The molecule has 0 bridgehead atoms. The van der Waals surface area contributed by atoms with Crippen LogP contribution in [-0.4, -0.2) is 37.1 Å². The normalized spacial score (nSPS) is 11.5. The van der Waals surface area contributed by atoms with E-state index in [0.717, 1.165) is 38.2 Å². The maximum absolute atomic E-state index is 13.6. The van der Waals surface area contributed by atoms with Crippen LogP contribution in [0.2, 0.25) is 0 Å². The molecule has 0 N–H and O–H groups in total. The number of hydrogen-bond acceptors (Lipinski definition) is 5. The quantitative estimate of drug-likeness (QED) is 0.277. The first kappa shape index (κ1) is 24.7. The lowest BCUT2D eigenvalue weighted by molar-refractivity contribution is 0.407. The number of fused-ring (bicyclic) bond motifs is 1. The van der Waals surface area contributed by atoms with Crippen LogP contribution in [0.5, 0.6) is 5.75 Å². The predicted molar refractivity (Wildman–Crippen MR) is 148 cm³/mol. The third kappa shape index (κ3) is 4.86. The molecule has 0 aliphatic heterocycles. The van der Waals surface area contributed by atoms with Gasteiger partial charge in [0.15, 0.2) is 5.82 Å². The Kier molecular flexibility index (Phi) is 7.08. The van der Waals surface area contributed by atoms with Gasteiger partial charge in [-0.05, 0) is 81.9 Å². The van der Waals surface area contributed by atoms with E-state index in [4.69, 9.17) is 9.72 Å². The number of aromatic nitrogens is 2. The molecule has 0 unspecified atom stereocenters. The highest BCUT2D eigenvalue weighted by Crippen LogP contribution is 2.34. The van der Waals surface area contributed by atoms with Crippen LogP contribution in [0.1, 0.15) is 36.5 Å². The fraction of sp³-hybridized carbons (Fsp3) is 0.250. The highest BCUT2D eigenvalue weighted by Gasteiger charge is 2.18. The minimum atomic E-state index is -0.216. The molecular formula is C28H29BrN4O2. The molecule has 0 saturated carbocycles. The Bertz CT molecular complexity index is 1490. The van der Waals surface area contributed by atoms with E-state index in [1.807, 2.05) is 68.4 Å². The molecule has 0 spiro atoms. The fourth-order valence-electron chi connectivity index (χ4n) is 4.06. The maximum atomic E-state index is 13.6. The number of benzene rings is 3. The molecule has 0 fully saturated rings. The average Bonchev–Trinajstić information content (AvgIpc) is 2.82. The standard InChI is InChI=1S/C28H29BrN4O2/c1-17(2)21-15-22(18(3)13-26(21)35-6)27-31-24-10-8-7-9-20(24)28(34)33(27)30-16-19-11-12-25(32(4)5)23(29)14-19/h7-17H,1-6H3. The maximum Gasteiger partial charge on any atom is 0.282 e. The van der Waals surface area contributed by atoms with E-state index < -0.39 is 0 Å². The largest absolute Gasteiger partial charge is 0.496 e. The Morgan fingerprint density at radius 2 is 1.86 bits per heavy atom. The van der Waals surface area contributed by atoms with Gasteiger partial charge in [0.05, 0.1) is 29.9 Å². The van der Waals surface area contributed by atoms with Crippen molar-refractivity contribution in [3.05, 3.63) is 86.1 Å².